The number of thioether (sulfide) groups is 1. The van der Waals surface area contributed by atoms with Crippen LogP contribution in [0, 0.1) is 0 Å². The highest BCUT2D eigenvalue weighted by molar-refractivity contribution is 8.03. The van der Waals surface area contributed by atoms with Gasteiger partial charge in [-0.1, -0.05) is 73.0 Å². The van der Waals surface area contributed by atoms with Crippen LogP contribution in [0.2, 0.25) is 0 Å². The van der Waals surface area contributed by atoms with Crippen LogP contribution in [-0.2, 0) is 6.42 Å². The SMILES string of the molecule is C=C(/C=C\C=C/C)C1=C(Cc2ccccc2)SC(NCCO)N1. The summed E-state index contributed by atoms with van der Waals surface area (Å²) in [6.45, 7) is 6.87. The summed E-state index contributed by atoms with van der Waals surface area (Å²) in [6, 6.07) is 10.4. The molecule has 1 unspecified atom stereocenters. The molecule has 3 N–H and O–H groups in total. The Morgan fingerprint density at radius 2 is 2.13 bits per heavy atom. The van der Waals surface area contributed by atoms with E-state index in [0.29, 0.717) is 6.54 Å². The van der Waals surface area contributed by atoms with E-state index < -0.39 is 0 Å². The van der Waals surface area contributed by atoms with Crippen molar-refractivity contribution >= 4 is 11.8 Å². The second-order valence-corrected chi connectivity index (χ2v) is 6.39. The normalized spacial score (nSPS) is 18.1. The molecule has 0 saturated carbocycles. The number of nitrogens with one attached hydrogen (secondary N) is 2. The molecule has 4 heteroatoms. The van der Waals surface area contributed by atoms with Gasteiger partial charge in [-0.3, -0.25) is 5.32 Å². The number of aliphatic hydroxyl groups is 1. The van der Waals surface area contributed by atoms with Gasteiger partial charge in [0.15, 0.2) is 0 Å². The molecule has 2 rings (SSSR count). The minimum atomic E-state index is 0.0720. The maximum Gasteiger partial charge on any atom is 0.130 e. The molecule has 1 aliphatic heterocycles. The maximum absolute atomic E-state index is 9.00. The van der Waals surface area contributed by atoms with Gasteiger partial charge < -0.3 is 10.4 Å². The minimum absolute atomic E-state index is 0.0720. The number of hydrogen-bond acceptors (Lipinski definition) is 4. The summed E-state index contributed by atoms with van der Waals surface area (Å²) < 4.78 is 0. The zero-order chi connectivity index (χ0) is 16.5. The lowest BCUT2D eigenvalue weighted by Gasteiger charge is -2.13. The molecule has 1 aromatic rings. The first-order valence-corrected chi connectivity index (χ1v) is 8.65. The first-order valence-electron chi connectivity index (χ1n) is 7.77. The number of hydrogen-bond donors (Lipinski definition) is 3. The Bertz CT molecular complexity index is 605. The highest BCUT2D eigenvalue weighted by Crippen LogP contribution is 2.34. The zero-order valence-corrected chi connectivity index (χ0v) is 14.3. The molecule has 3 nitrogen and oxygen atoms in total. The molecule has 1 atom stereocenters. The van der Waals surface area contributed by atoms with E-state index in [4.69, 9.17) is 5.11 Å². The Morgan fingerprint density at radius 1 is 1.35 bits per heavy atom. The van der Waals surface area contributed by atoms with Crippen molar-refractivity contribution in [2.45, 2.75) is 18.8 Å². The third-order valence-corrected chi connectivity index (χ3v) is 4.54. The molecule has 0 bridgehead atoms. The smallest absolute Gasteiger partial charge is 0.130 e. The third-order valence-electron chi connectivity index (χ3n) is 3.39. The molecule has 122 valence electrons. The second-order valence-electron chi connectivity index (χ2n) is 5.19. The summed E-state index contributed by atoms with van der Waals surface area (Å²) in [4.78, 5) is 1.27. The Balaban J connectivity index is 2.14. The molecule has 1 aromatic carbocycles. The number of aliphatic hydroxyl groups excluding tert-OH is 1. The van der Waals surface area contributed by atoms with Crippen LogP contribution in [0.5, 0.6) is 0 Å². The third kappa shape index (κ3) is 5.43. The van der Waals surface area contributed by atoms with Gasteiger partial charge in [0.1, 0.15) is 5.50 Å². The summed E-state index contributed by atoms with van der Waals surface area (Å²) in [6.07, 6.45) is 8.87. The van der Waals surface area contributed by atoms with Gasteiger partial charge >= 0.3 is 0 Å². The van der Waals surface area contributed by atoms with E-state index in [1.54, 1.807) is 11.8 Å². The van der Waals surface area contributed by atoms with Gasteiger partial charge in [0.2, 0.25) is 0 Å². The van der Waals surface area contributed by atoms with E-state index >= 15 is 0 Å². The fraction of sp³-hybridized carbons (Fsp3) is 0.263. The molecule has 0 spiro atoms. The lowest BCUT2D eigenvalue weighted by Crippen LogP contribution is -2.37. The average Bonchev–Trinajstić information content (AvgIpc) is 2.97. The number of benzene rings is 1. The highest BCUT2D eigenvalue weighted by atomic mass is 32.2. The lowest BCUT2D eigenvalue weighted by atomic mass is 10.1. The Hall–Kier alpha value is -1.75. The van der Waals surface area contributed by atoms with Gasteiger partial charge in [-0.15, -0.1) is 0 Å². The second kappa shape index (κ2) is 9.40. The Kier molecular flexibility index (Phi) is 7.20. The van der Waals surface area contributed by atoms with Gasteiger partial charge in [-0.2, -0.15) is 0 Å². The van der Waals surface area contributed by atoms with Crippen LogP contribution < -0.4 is 10.6 Å². The minimum Gasteiger partial charge on any atom is -0.395 e. The van der Waals surface area contributed by atoms with E-state index in [9.17, 15) is 0 Å². The Morgan fingerprint density at radius 3 is 2.83 bits per heavy atom. The summed E-state index contributed by atoms with van der Waals surface area (Å²) in [7, 11) is 0. The Labute approximate surface area is 142 Å². The van der Waals surface area contributed by atoms with Crippen LogP contribution >= 0.6 is 11.8 Å². The van der Waals surface area contributed by atoms with Crippen LogP contribution in [0.3, 0.4) is 0 Å². The van der Waals surface area contributed by atoms with Crippen molar-refractivity contribution in [1.29, 1.82) is 0 Å². The lowest BCUT2D eigenvalue weighted by molar-refractivity contribution is 0.289. The molecule has 0 aromatic heterocycles. The fourth-order valence-corrected chi connectivity index (χ4v) is 3.50. The van der Waals surface area contributed by atoms with Crippen molar-refractivity contribution < 1.29 is 5.11 Å². The van der Waals surface area contributed by atoms with Crippen LogP contribution in [0.4, 0.5) is 0 Å². The van der Waals surface area contributed by atoms with Gasteiger partial charge in [-0.05, 0) is 18.1 Å². The molecular weight excluding hydrogens is 304 g/mol. The molecule has 0 radical (unpaired) electrons. The summed E-state index contributed by atoms with van der Waals surface area (Å²) >= 11 is 1.75. The fourth-order valence-electron chi connectivity index (χ4n) is 2.28. The van der Waals surface area contributed by atoms with Crippen molar-refractivity contribution in [2.24, 2.45) is 0 Å². The first kappa shape index (κ1) is 17.6. The summed E-state index contributed by atoms with van der Waals surface area (Å²) in [5.74, 6) is 0. The van der Waals surface area contributed by atoms with Crippen LogP contribution in [0.25, 0.3) is 0 Å². The van der Waals surface area contributed by atoms with E-state index in [-0.39, 0.29) is 12.1 Å². The molecule has 1 aliphatic rings. The van der Waals surface area contributed by atoms with Gasteiger partial charge in [0.05, 0.1) is 12.3 Å². The zero-order valence-electron chi connectivity index (χ0n) is 13.5. The standard InChI is InChI=1S/C19H24N2OS/c1-3-4-6-9-15(2)18-17(14-16-10-7-5-8-11-16)23-19(21-18)20-12-13-22/h3-11,19-22H,2,12-14H2,1H3/b4-3-,9-6-. The molecule has 0 aliphatic carbocycles. The van der Waals surface area contributed by atoms with Crippen molar-refractivity contribution in [2.75, 3.05) is 13.2 Å². The molecular formula is C19H24N2OS. The number of rotatable bonds is 8. The van der Waals surface area contributed by atoms with E-state index in [0.717, 1.165) is 17.7 Å². The quantitative estimate of drug-likeness (QED) is 0.641. The van der Waals surface area contributed by atoms with E-state index in [1.165, 1.54) is 10.5 Å². The first-order chi connectivity index (χ1) is 11.2. The average molecular weight is 328 g/mol. The number of allylic oxidation sites excluding steroid dienone is 5. The van der Waals surface area contributed by atoms with Crippen molar-refractivity contribution in [1.82, 2.24) is 10.6 Å². The van der Waals surface area contributed by atoms with Crippen molar-refractivity contribution in [3.63, 3.8) is 0 Å². The predicted molar refractivity (Wildman–Crippen MR) is 99.9 cm³/mol. The molecule has 0 fully saturated rings. The van der Waals surface area contributed by atoms with Crippen molar-refractivity contribution in [3.8, 4) is 0 Å². The van der Waals surface area contributed by atoms with Crippen LogP contribution in [-0.4, -0.2) is 23.8 Å². The predicted octanol–water partition coefficient (Wildman–Crippen LogP) is 3.33. The molecule has 0 amide bonds. The largest absolute Gasteiger partial charge is 0.395 e. The summed E-state index contributed by atoms with van der Waals surface area (Å²) in [5, 5.41) is 15.7. The van der Waals surface area contributed by atoms with Gasteiger partial charge in [-0.25, -0.2) is 0 Å². The summed E-state index contributed by atoms with van der Waals surface area (Å²) in [5.41, 5.74) is 3.40. The van der Waals surface area contributed by atoms with E-state index in [2.05, 4.69) is 41.5 Å². The topological polar surface area (TPSA) is 44.3 Å². The monoisotopic (exact) mass is 328 g/mol. The molecule has 23 heavy (non-hydrogen) atoms. The van der Waals surface area contributed by atoms with Crippen molar-refractivity contribution in [3.05, 3.63) is 83.0 Å². The van der Waals surface area contributed by atoms with Gasteiger partial charge in [0, 0.05) is 17.9 Å². The van der Waals surface area contributed by atoms with Crippen LogP contribution in [0.1, 0.15) is 12.5 Å². The molecule has 1 heterocycles. The van der Waals surface area contributed by atoms with Crippen LogP contribution in [0.15, 0.2) is 77.4 Å². The highest BCUT2D eigenvalue weighted by Gasteiger charge is 2.24. The van der Waals surface area contributed by atoms with Gasteiger partial charge in [0.25, 0.3) is 0 Å². The maximum atomic E-state index is 9.00. The molecule has 0 saturated heterocycles. The van der Waals surface area contributed by atoms with E-state index in [1.807, 2.05) is 37.3 Å².